The number of hydrogen-bond donors (Lipinski definition) is 0. The van der Waals surface area contributed by atoms with Gasteiger partial charge in [0.2, 0.25) is 0 Å². The van der Waals surface area contributed by atoms with Gasteiger partial charge >= 0.3 is 0 Å². The summed E-state index contributed by atoms with van der Waals surface area (Å²) in [6, 6.07) is 37.6. The minimum Gasteiger partial charge on any atom is -0.127 e. The van der Waals surface area contributed by atoms with Gasteiger partial charge in [0.05, 0.1) is 0 Å². The van der Waals surface area contributed by atoms with Crippen molar-refractivity contribution in [3.8, 4) is 22.3 Å². The molecule has 0 fully saturated rings. The Bertz CT molecular complexity index is 2810. The van der Waals surface area contributed by atoms with Gasteiger partial charge in [-0.1, -0.05) is 120 Å². The second-order valence-corrected chi connectivity index (χ2v) is 13.0. The van der Waals surface area contributed by atoms with Crippen molar-refractivity contribution in [2.75, 3.05) is 0 Å². The summed E-state index contributed by atoms with van der Waals surface area (Å²) in [6.07, 6.45) is 0. The molecule has 0 heterocycles. The van der Waals surface area contributed by atoms with E-state index in [0.29, 0.717) is 44.0 Å². The molecule has 0 aliphatic rings. The third kappa shape index (κ3) is 4.85. The van der Waals surface area contributed by atoms with Gasteiger partial charge in [0.1, 0.15) is 54.9 Å². The van der Waals surface area contributed by atoms with Crippen molar-refractivity contribution >= 4 is 142 Å². The Morgan fingerprint density at radius 3 is 1.70 bits per heavy atom. The van der Waals surface area contributed by atoms with Crippen LogP contribution in [0.15, 0.2) is 121 Å². The molecule has 0 saturated carbocycles. The maximum absolute atomic E-state index is 7.03. The zero-order valence-electron chi connectivity index (χ0n) is 27.6. The smallest absolute Gasteiger partial charge is 0.113 e. The van der Waals surface area contributed by atoms with Crippen LogP contribution in [0.1, 0.15) is 18.1 Å². The molecule has 0 bridgehead atoms. The molecule has 0 nitrogen and oxygen atoms in total. The second-order valence-electron chi connectivity index (χ2n) is 13.0. The summed E-state index contributed by atoms with van der Waals surface area (Å²) in [5.74, 6) is 0. The Morgan fingerprint density at radius 1 is 0.480 bits per heavy atom. The van der Waals surface area contributed by atoms with Crippen LogP contribution < -0.4 is 21.9 Å². The Hall–Kier alpha value is -5.01. The van der Waals surface area contributed by atoms with E-state index in [1.54, 1.807) is 6.92 Å². The van der Waals surface area contributed by atoms with Crippen LogP contribution in [0.5, 0.6) is 0 Å². The zero-order valence-corrected chi connectivity index (χ0v) is 27.6. The van der Waals surface area contributed by atoms with Gasteiger partial charge in [-0.05, 0) is 105 Å². The molecular weight excluding hydrogens is 592 g/mol. The largest absolute Gasteiger partial charge is 0.127 e. The van der Waals surface area contributed by atoms with Crippen LogP contribution in [-0.2, 0) is 0 Å². The topological polar surface area (TPSA) is 0 Å². The lowest BCUT2D eigenvalue weighted by atomic mass is 9.60. The van der Waals surface area contributed by atoms with Gasteiger partial charge < -0.3 is 0 Å². The Labute approximate surface area is 301 Å². The molecular formula is C43H23B7. The molecule has 216 valence electrons. The van der Waals surface area contributed by atoms with Gasteiger partial charge in [0, 0.05) is 0 Å². The van der Waals surface area contributed by atoms with Gasteiger partial charge in [0.15, 0.2) is 0 Å². The van der Waals surface area contributed by atoms with Gasteiger partial charge in [0.25, 0.3) is 0 Å². The van der Waals surface area contributed by atoms with E-state index in [0.717, 1.165) is 48.8 Å². The Balaban J connectivity index is 1.63. The molecule has 7 heteroatoms. The third-order valence-electron chi connectivity index (χ3n) is 9.98. The zero-order chi connectivity index (χ0) is 35.0. The summed E-state index contributed by atoms with van der Waals surface area (Å²) in [4.78, 5) is 0. The lowest BCUT2D eigenvalue weighted by Gasteiger charge is -2.30. The first kappa shape index (κ1) is 32.2. The van der Waals surface area contributed by atoms with E-state index in [1.807, 2.05) is 30.3 Å². The number of fused-ring (bicyclic) bond motifs is 6. The molecule has 8 aromatic rings. The summed E-state index contributed by atoms with van der Waals surface area (Å²) in [5.41, 5.74) is 6.21. The van der Waals surface area contributed by atoms with E-state index in [-0.39, 0.29) is 27.3 Å². The van der Waals surface area contributed by atoms with Gasteiger partial charge in [-0.2, -0.15) is 0 Å². The highest BCUT2D eigenvalue weighted by Gasteiger charge is 2.27. The minimum atomic E-state index is 0.190. The predicted octanol–water partition coefficient (Wildman–Crippen LogP) is 6.13. The van der Waals surface area contributed by atoms with Gasteiger partial charge in [-0.25, -0.2) is 0 Å². The van der Waals surface area contributed by atoms with Gasteiger partial charge in [-0.3, -0.25) is 0 Å². The Kier molecular flexibility index (Phi) is 7.79. The van der Waals surface area contributed by atoms with E-state index in [1.165, 1.54) is 5.39 Å². The highest BCUT2D eigenvalue weighted by atomic mass is 14.3. The van der Waals surface area contributed by atoms with Crippen molar-refractivity contribution in [3.63, 3.8) is 0 Å². The quantitative estimate of drug-likeness (QED) is 0.127. The van der Waals surface area contributed by atoms with Crippen LogP contribution in [0.4, 0.5) is 0 Å². The number of benzene rings is 8. The molecule has 8 aromatic carbocycles. The molecule has 0 amide bonds. The van der Waals surface area contributed by atoms with E-state index in [9.17, 15) is 0 Å². The summed E-state index contributed by atoms with van der Waals surface area (Å²) in [6.45, 7) is 6.04. The lowest BCUT2D eigenvalue weighted by Crippen LogP contribution is -2.48. The van der Waals surface area contributed by atoms with Crippen molar-refractivity contribution in [2.45, 2.75) is 6.92 Å². The SMILES string of the molecule is [B]C(=C)c1c(/C([B])=C(/[B])C)c(-c2cccc3c2ccc2cc4ccccc4cc23)c2c([B])c([B])c([B])c([B])c2c1-c1ccc2ccccc2c1. The van der Waals surface area contributed by atoms with Crippen LogP contribution in [-0.4, -0.2) is 54.9 Å². The fraction of sp³-hybridized carbons (Fsp3) is 0.0233. The molecule has 0 aliphatic carbocycles. The van der Waals surface area contributed by atoms with Crippen molar-refractivity contribution in [1.82, 2.24) is 0 Å². The maximum Gasteiger partial charge on any atom is 0.113 e. The summed E-state index contributed by atoms with van der Waals surface area (Å²) in [5, 5.41) is 9.90. The standard InChI is InChI=1S/C43H23B7/c1-21(44)33-34(28-15-14-23-8-3-4-9-24(23)19-28)37-38(41(48)43(50)42(49)40(37)47)35(36(33)39(46)22(2)45)31-13-7-12-29-30(31)17-16-27-18-25-10-5-6-11-26(25)20-32(27)29/h3-20H,1H2,2H3/b39-22-. The van der Waals surface area contributed by atoms with Crippen molar-refractivity contribution < 1.29 is 0 Å². The first-order valence-electron chi connectivity index (χ1n) is 16.3. The molecule has 50 heavy (non-hydrogen) atoms. The molecule has 0 aromatic heterocycles. The molecule has 0 atom stereocenters. The third-order valence-corrected chi connectivity index (χ3v) is 9.98. The van der Waals surface area contributed by atoms with Crippen LogP contribution in [0.2, 0.25) is 0 Å². The fourth-order valence-electron chi connectivity index (χ4n) is 7.54. The second kappa shape index (κ2) is 12.1. The summed E-state index contributed by atoms with van der Waals surface area (Å²) in [7, 11) is 47.6. The maximum atomic E-state index is 7.03. The van der Waals surface area contributed by atoms with E-state index < -0.39 is 0 Å². The minimum absolute atomic E-state index is 0.190. The fourth-order valence-corrected chi connectivity index (χ4v) is 7.54. The van der Waals surface area contributed by atoms with Crippen molar-refractivity contribution in [2.24, 2.45) is 0 Å². The molecule has 8 rings (SSSR count). The van der Waals surface area contributed by atoms with Crippen LogP contribution in [0, 0.1) is 0 Å². The normalized spacial score (nSPS) is 12.3. The summed E-state index contributed by atoms with van der Waals surface area (Å²) >= 11 is 0. The lowest BCUT2D eigenvalue weighted by molar-refractivity contribution is 1.58. The highest BCUT2D eigenvalue weighted by Crippen LogP contribution is 2.47. The number of allylic oxidation sites excluding steroid dienone is 1. The van der Waals surface area contributed by atoms with Crippen molar-refractivity contribution in [3.05, 3.63) is 132 Å². The molecule has 0 unspecified atom stereocenters. The average molecular weight is 615 g/mol. The van der Waals surface area contributed by atoms with E-state index in [2.05, 4.69) is 85.4 Å². The van der Waals surface area contributed by atoms with Crippen LogP contribution in [0.25, 0.3) is 87.1 Å². The van der Waals surface area contributed by atoms with Crippen LogP contribution in [0.3, 0.4) is 0 Å². The molecule has 0 N–H and O–H groups in total. The average Bonchev–Trinajstić information content (AvgIpc) is 3.13. The summed E-state index contributed by atoms with van der Waals surface area (Å²) < 4.78 is 0. The number of rotatable bonds is 4. The molecule has 0 saturated heterocycles. The van der Waals surface area contributed by atoms with Crippen LogP contribution >= 0.6 is 0 Å². The molecule has 14 radical (unpaired) electrons. The van der Waals surface area contributed by atoms with E-state index in [4.69, 9.17) is 54.9 Å². The number of hydrogen-bond acceptors (Lipinski definition) is 0. The first-order valence-corrected chi connectivity index (χ1v) is 16.3. The predicted molar refractivity (Wildman–Crippen MR) is 225 cm³/mol. The van der Waals surface area contributed by atoms with Gasteiger partial charge in [-0.15, -0.1) is 23.0 Å². The molecule has 0 aliphatic heterocycles. The molecule has 0 spiro atoms. The Morgan fingerprint density at radius 2 is 1.06 bits per heavy atom. The first-order chi connectivity index (χ1) is 24.1. The van der Waals surface area contributed by atoms with Crippen molar-refractivity contribution in [1.29, 1.82) is 0 Å². The van der Waals surface area contributed by atoms with E-state index >= 15 is 0 Å². The highest BCUT2D eigenvalue weighted by molar-refractivity contribution is 6.68. The monoisotopic (exact) mass is 616 g/mol.